The average Bonchev–Trinajstić information content (AvgIpc) is 2.50. The molecule has 1 heterocycles. The minimum Gasteiger partial charge on any atom is -0.492 e. The van der Waals surface area contributed by atoms with Crippen LogP contribution in [0.4, 0.5) is 0 Å². The Morgan fingerprint density at radius 2 is 2.19 bits per heavy atom. The van der Waals surface area contributed by atoms with Crippen molar-refractivity contribution in [1.29, 1.82) is 0 Å². The summed E-state index contributed by atoms with van der Waals surface area (Å²) in [6, 6.07) is 6.52. The second-order valence-corrected chi connectivity index (χ2v) is 7.59. The van der Waals surface area contributed by atoms with Crippen LogP contribution >= 0.6 is 15.9 Å². The Morgan fingerprint density at radius 1 is 1.38 bits per heavy atom. The summed E-state index contributed by atoms with van der Waals surface area (Å²) in [7, 11) is 0. The van der Waals surface area contributed by atoms with Crippen LogP contribution in [0.5, 0.6) is 5.75 Å². The second-order valence-electron chi connectivity index (χ2n) is 6.73. The lowest BCUT2D eigenvalue weighted by Crippen LogP contribution is -2.30. The summed E-state index contributed by atoms with van der Waals surface area (Å²) in [5.41, 5.74) is 1.58. The van der Waals surface area contributed by atoms with Gasteiger partial charge >= 0.3 is 0 Å². The molecule has 1 atom stereocenters. The summed E-state index contributed by atoms with van der Waals surface area (Å²) in [5, 5.41) is 3.46. The van der Waals surface area contributed by atoms with Gasteiger partial charge in [-0.2, -0.15) is 0 Å². The summed E-state index contributed by atoms with van der Waals surface area (Å²) < 4.78 is 7.04. The number of rotatable bonds is 6. The van der Waals surface area contributed by atoms with Crippen molar-refractivity contribution in [3.05, 3.63) is 28.2 Å². The van der Waals surface area contributed by atoms with E-state index in [2.05, 4.69) is 60.2 Å². The van der Waals surface area contributed by atoms with E-state index in [1.807, 2.05) is 0 Å². The summed E-state index contributed by atoms with van der Waals surface area (Å²) in [4.78, 5) is 0. The van der Waals surface area contributed by atoms with Crippen LogP contribution in [0.1, 0.15) is 52.0 Å². The number of ether oxygens (including phenoxy) is 1. The first-order valence-corrected chi connectivity index (χ1v) is 8.96. The fourth-order valence-corrected chi connectivity index (χ4v) is 3.24. The predicted molar refractivity (Wildman–Crippen MR) is 93.2 cm³/mol. The number of hydrogen-bond acceptors (Lipinski definition) is 2. The van der Waals surface area contributed by atoms with Crippen LogP contribution in [-0.2, 0) is 5.41 Å². The molecule has 0 bridgehead atoms. The molecule has 0 spiro atoms. The highest BCUT2D eigenvalue weighted by atomic mass is 79.9. The number of benzene rings is 1. The fourth-order valence-electron chi connectivity index (χ4n) is 2.75. The van der Waals surface area contributed by atoms with Gasteiger partial charge in [0.05, 0.1) is 11.1 Å². The highest BCUT2D eigenvalue weighted by Crippen LogP contribution is 2.33. The van der Waals surface area contributed by atoms with Gasteiger partial charge in [0.15, 0.2) is 0 Å². The Balaban J connectivity index is 1.89. The van der Waals surface area contributed by atoms with Gasteiger partial charge in [-0.25, -0.2) is 0 Å². The van der Waals surface area contributed by atoms with E-state index < -0.39 is 0 Å². The zero-order valence-electron chi connectivity index (χ0n) is 13.5. The van der Waals surface area contributed by atoms with Gasteiger partial charge in [-0.1, -0.05) is 26.8 Å². The average molecular weight is 354 g/mol. The van der Waals surface area contributed by atoms with Crippen LogP contribution in [-0.4, -0.2) is 19.7 Å². The van der Waals surface area contributed by atoms with Gasteiger partial charge in [-0.3, -0.25) is 0 Å². The molecule has 0 saturated carbocycles. The lowest BCUT2D eigenvalue weighted by Gasteiger charge is -2.24. The molecule has 1 N–H and O–H groups in total. The molecule has 2 nitrogen and oxygen atoms in total. The Kier molecular flexibility index (Phi) is 6.12. The molecule has 1 aromatic carbocycles. The standard InChI is InChI=1S/C18H28BrNO/c1-4-18(2,3)15-7-8-17(16(19)12-15)21-11-9-14-6-5-10-20-13-14/h7-8,12,14,20H,4-6,9-11,13H2,1-3H3/t14-/m0/s1. The molecule has 1 saturated heterocycles. The van der Waals surface area contributed by atoms with Crippen molar-refractivity contribution in [3.63, 3.8) is 0 Å². The maximum absolute atomic E-state index is 5.97. The van der Waals surface area contributed by atoms with Crippen LogP contribution < -0.4 is 10.1 Å². The summed E-state index contributed by atoms with van der Waals surface area (Å²) in [6.45, 7) is 9.93. The van der Waals surface area contributed by atoms with Crippen LogP contribution in [0, 0.1) is 5.92 Å². The van der Waals surface area contributed by atoms with E-state index in [1.165, 1.54) is 24.9 Å². The molecule has 21 heavy (non-hydrogen) atoms. The number of nitrogens with one attached hydrogen (secondary N) is 1. The number of halogens is 1. The monoisotopic (exact) mass is 353 g/mol. The molecule has 0 amide bonds. The highest BCUT2D eigenvalue weighted by molar-refractivity contribution is 9.10. The van der Waals surface area contributed by atoms with Gasteiger partial charge in [-0.15, -0.1) is 0 Å². The van der Waals surface area contributed by atoms with Crippen LogP contribution in [0.15, 0.2) is 22.7 Å². The molecular weight excluding hydrogens is 326 g/mol. The molecule has 1 fully saturated rings. The molecule has 2 rings (SSSR count). The quantitative estimate of drug-likeness (QED) is 0.784. The number of piperidine rings is 1. The van der Waals surface area contributed by atoms with Crippen molar-refractivity contribution in [2.75, 3.05) is 19.7 Å². The molecule has 1 aliphatic rings. The van der Waals surface area contributed by atoms with Gasteiger partial charge in [0.2, 0.25) is 0 Å². The molecular formula is C18H28BrNO. The molecule has 1 aliphatic heterocycles. The Bertz CT molecular complexity index is 453. The highest BCUT2D eigenvalue weighted by Gasteiger charge is 2.19. The largest absolute Gasteiger partial charge is 0.492 e. The van der Waals surface area contributed by atoms with Crippen LogP contribution in [0.2, 0.25) is 0 Å². The van der Waals surface area contributed by atoms with Crippen molar-refractivity contribution >= 4 is 15.9 Å². The Hall–Kier alpha value is -0.540. The second kappa shape index (κ2) is 7.64. The van der Waals surface area contributed by atoms with Crippen molar-refractivity contribution < 1.29 is 4.74 Å². The molecule has 1 aromatic rings. The van der Waals surface area contributed by atoms with E-state index in [9.17, 15) is 0 Å². The minimum atomic E-state index is 0.217. The molecule has 0 radical (unpaired) electrons. The van der Waals surface area contributed by atoms with E-state index in [0.717, 1.165) is 42.1 Å². The smallest absolute Gasteiger partial charge is 0.133 e. The van der Waals surface area contributed by atoms with E-state index in [0.29, 0.717) is 0 Å². The molecule has 3 heteroatoms. The van der Waals surface area contributed by atoms with Gasteiger partial charge < -0.3 is 10.1 Å². The summed E-state index contributed by atoms with van der Waals surface area (Å²) in [5.74, 6) is 1.74. The normalized spacial score (nSPS) is 19.5. The zero-order chi connectivity index (χ0) is 15.3. The molecule has 0 aliphatic carbocycles. The van der Waals surface area contributed by atoms with Gasteiger partial charge in [0, 0.05) is 0 Å². The first kappa shape index (κ1) is 16.8. The zero-order valence-corrected chi connectivity index (χ0v) is 15.1. The SMILES string of the molecule is CCC(C)(C)c1ccc(OCC[C@@H]2CCCNC2)c(Br)c1. The third-order valence-electron chi connectivity index (χ3n) is 4.78. The minimum absolute atomic E-state index is 0.217. The first-order chi connectivity index (χ1) is 10.0. The van der Waals surface area contributed by atoms with E-state index in [4.69, 9.17) is 4.74 Å². The summed E-state index contributed by atoms with van der Waals surface area (Å²) in [6.07, 6.45) is 4.91. The molecule has 0 aromatic heterocycles. The van der Waals surface area contributed by atoms with E-state index in [1.54, 1.807) is 0 Å². The van der Waals surface area contributed by atoms with Gasteiger partial charge in [0.1, 0.15) is 5.75 Å². The Labute approximate surface area is 137 Å². The van der Waals surface area contributed by atoms with Crippen LogP contribution in [0.3, 0.4) is 0 Å². The maximum Gasteiger partial charge on any atom is 0.133 e. The Morgan fingerprint density at radius 3 is 2.81 bits per heavy atom. The van der Waals surface area contributed by atoms with E-state index in [-0.39, 0.29) is 5.41 Å². The van der Waals surface area contributed by atoms with E-state index >= 15 is 0 Å². The van der Waals surface area contributed by atoms with Crippen LogP contribution in [0.25, 0.3) is 0 Å². The van der Waals surface area contributed by atoms with Gasteiger partial charge in [0.25, 0.3) is 0 Å². The third kappa shape index (κ3) is 4.72. The fraction of sp³-hybridized carbons (Fsp3) is 0.667. The lowest BCUT2D eigenvalue weighted by molar-refractivity contribution is 0.253. The maximum atomic E-state index is 5.97. The molecule has 118 valence electrons. The van der Waals surface area contributed by atoms with Crippen molar-refractivity contribution in [2.45, 2.75) is 51.9 Å². The molecule has 0 unspecified atom stereocenters. The van der Waals surface area contributed by atoms with Crippen molar-refractivity contribution in [1.82, 2.24) is 5.32 Å². The topological polar surface area (TPSA) is 21.3 Å². The lowest BCUT2D eigenvalue weighted by atomic mass is 9.82. The van der Waals surface area contributed by atoms with Gasteiger partial charge in [-0.05, 0) is 83.7 Å². The number of hydrogen-bond donors (Lipinski definition) is 1. The third-order valence-corrected chi connectivity index (χ3v) is 5.40. The first-order valence-electron chi connectivity index (χ1n) is 8.16. The summed E-state index contributed by atoms with van der Waals surface area (Å²) >= 11 is 3.66. The van der Waals surface area contributed by atoms with Crippen molar-refractivity contribution in [2.24, 2.45) is 5.92 Å². The predicted octanol–water partition coefficient (Wildman–Crippen LogP) is 4.91. The van der Waals surface area contributed by atoms with Crippen molar-refractivity contribution in [3.8, 4) is 5.75 Å².